The zero-order chi connectivity index (χ0) is 13.7. The van der Waals surface area contributed by atoms with Crippen molar-refractivity contribution in [2.75, 3.05) is 18.6 Å². The van der Waals surface area contributed by atoms with Crippen molar-refractivity contribution in [1.29, 1.82) is 0 Å². The number of rotatable bonds is 4. The number of carbonyl (C=O) groups is 1. The first-order chi connectivity index (χ1) is 9.16. The van der Waals surface area contributed by atoms with Gasteiger partial charge in [-0.05, 0) is 36.8 Å². The quantitative estimate of drug-likeness (QED) is 0.840. The molecule has 0 heterocycles. The molecule has 0 spiro atoms. The highest BCUT2D eigenvalue weighted by molar-refractivity contribution is 5.93. The predicted octanol–water partition coefficient (Wildman–Crippen LogP) is 3.04. The van der Waals surface area contributed by atoms with E-state index in [1.807, 2.05) is 61.5 Å². The van der Waals surface area contributed by atoms with E-state index < -0.39 is 0 Å². The van der Waals surface area contributed by atoms with E-state index in [9.17, 15) is 4.79 Å². The maximum Gasteiger partial charge on any atom is 0.264 e. The number of carbonyl (C=O) groups excluding carboxylic acids is 1. The van der Waals surface area contributed by atoms with Crippen molar-refractivity contribution in [1.82, 2.24) is 0 Å². The summed E-state index contributed by atoms with van der Waals surface area (Å²) in [5, 5.41) is 0. The fourth-order valence-corrected chi connectivity index (χ4v) is 1.74. The third kappa shape index (κ3) is 3.58. The second-order valence-corrected chi connectivity index (χ2v) is 4.39. The zero-order valence-corrected chi connectivity index (χ0v) is 11.2. The number of hydrogen-bond acceptors (Lipinski definition) is 2. The Bertz CT molecular complexity index is 552. The van der Waals surface area contributed by atoms with Gasteiger partial charge in [0.15, 0.2) is 6.61 Å². The molecule has 0 aliphatic carbocycles. The normalized spacial score (nSPS) is 10.0. The van der Waals surface area contributed by atoms with E-state index in [1.54, 1.807) is 11.9 Å². The van der Waals surface area contributed by atoms with Crippen LogP contribution in [0.25, 0.3) is 0 Å². The van der Waals surface area contributed by atoms with E-state index in [-0.39, 0.29) is 12.5 Å². The fraction of sp³-hybridized carbons (Fsp3) is 0.188. The number of likely N-dealkylation sites (N-methyl/N-ethyl adjacent to an activating group) is 1. The highest BCUT2D eigenvalue weighted by Crippen LogP contribution is 2.14. The predicted molar refractivity (Wildman–Crippen MR) is 76.5 cm³/mol. The monoisotopic (exact) mass is 255 g/mol. The largest absolute Gasteiger partial charge is 0.484 e. The van der Waals surface area contributed by atoms with Gasteiger partial charge < -0.3 is 9.64 Å². The molecule has 0 saturated heterocycles. The second-order valence-electron chi connectivity index (χ2n) is 4.39. The lowest BCUT2D eigenvalue weighted by atomic mass is 10.2. The van der Waals surface area contributed by atoms with Gasteiger partial charge in [-0.15, -0.1) is 0 Å². The lowest BCUT2D eigenvalue weighted by Crippen LogP contribution is -2.31. The van der Waals surface area contributed by atoms with Crippen LogP contribution in [-0.2, 0) is 4.79 Å². The number of ether oxygens (including phenoxy) is 1. The van der Waals surface area contributed by atoms with Crippen LogP contribution in [0, 0.1) is 6.92 Å². The second kappa shape index (κ2) is 6.05. The molecule has 98 valence electrons. The number of anilines is 1. The summed E-state index contributed by atoms with van der Waals surface area (Å²) >= 11 is 0. The van der Waals surface area contributed by atoms with E-state index in [0.29, 0.717) is 0 Å². The molecule has 0 unspecified atom stereocenters. The molecule has 0 aromatic heterocycles. The minimum Gasteiger partial charge on any atom is -0.484 e. The molecule has 2 aromatic rings. The third-order valence-corrected chi connectivity index (χ3v) is 2.87. The van der Waals surface area contributed by atoms with Crippen LogP contribution in [0.4, 0.5) is 5.69 Å². The molecule has 2 rings (SSSR count). The van der Waals surface area contributed by atoms with Crippen molar-refractivity contribution in [3.8, 4) is 5.75 Å². The average molecular weight is 255 g/mol. The minimum absolute atomic E-state index is 0.0366. The SMILES string of the molecule is Cc1cccc(OCC(=O)N(C)c2ccccc2)c1. The van der Waals surface area contributed by atoms with Gasteiger partial charge in [0.25, 0.3) is 5.91 Å². The summed E-state index contributed by atoms with van der Waals surface area (Å²) < 4.78 is 5.50. The van der Waals surface area contributed by atoms with Crippen LogP contribution in [0.15, 0.2) is 54.6 Å². The molecule has 0 fully saturated rings. The van der Waals surface area contributed by atoms with Gasteiger partial charge >= 0.3 is 0 Å². The van der Waals surface area contributed by atoms with Crippen LogP contribution in [-0.4, -0.2) is 19.6 Å². The Labute approximate surface area is 113 Å². The maximum absolute atomic E-state index is 12.0. The van der Waals surface area contributed by atoms with Crippen molar-refractivity contribution < 1.29 is 9.53 Å². The molecular formula is C16H17NO2. The minimum atomic E-state index is -0.0762. The summed E-state index contributed by atoms with van der Waals surface area (Å²) in [5.41, 5.74) is 1.97. The van der Waals surface area contributed by atoms with E-state index in [0.717, 1.165) is 17.0 Å². The first-order valence-electron chi connectivity index (χ1n) is 6.18. The Morgan fingerprint density at radius 3 is 2.53 bits per heavy atom. The number of nitrogens with zero attached hydrogens (tertiary/aromatic N) is 1. The Hall–Kier alpha value is -2.29. The molecule has 2 aromatic carbocycles. The highest BCUT2D eigenvalue weighted by Gasteiger charge is 2.11. The summed E-state index contributed by atoms with van der Waals surface area (Å²) in [6, 6.07) is 17.2. The first kappa shape index (κ1) is 13.1. The number of para-hydroxylation sites is 1. The van der Waals surface area contributed by atoms with Crippen molar-refractivity contribution in [3.63, 3.8) is 0 Å². The molecule has 0 aliphatic heterocycles. The Balaban J connectivity index is 1.95. The topological polar surface area (TPSA) is 29.5 Å². The molecule has 0 aliphatic rings. The summed E-state index contributed by atoms with van der Waals surface area (Å²) in [5.74, 6) is 0.641. The molecule has 0 N–H and O–H groups in total. The molecule has 3 heteroatoms. The number of amides is 1. The van der Waals surface area contributed by atoms with Crippen LogP contribution in [0.1, 0.15) is 5.56 Å². The van der Waals surface area contributed by atoms with Gasteiger partial charge in [-0.2, -0.15) is 0 Å². The highest BCUT2D eigenvalue weighted by atomic mass is 16.5. The summed E-state index contributed by atoms with van der Waals surface area (Å²) in [6.07, 6.45) is 0. The van der Waals surface area contributed by atoms with Crippen molar-refractivity contribution in [2.24, 2.45) is 0 Å². The van der Waals surface area contributed by atoms with Gasteiger partial charge in [0.05, 0.1) is 0 Å². The summed E-state index contributed by atoms with van der Waals surface area (Å²) in [6.45, 7) is 2.03. The molecule has 3 nitrogen and oxygen atoms in total. The standard InChI is InChI=1S/C16H17NO2/c1-13-7-6-10-15(11-13)19-12-16(18)17(2)14-8-4-3-5-9-14/h3-11H,12H2,1-2H3. The van der Waals surface area contributed by atoms with Crippen molar-refractivity contribution in [3.05, 3.63) is 60.2 Å². The first-order valence-corrected chi connectivity index (χ1v) is 6.18. The summed E-state index contributed by atoms with van der Waals surface area (Å²) in [7, 11) is 1.75. The molecular weight excluding hydrogens is 238 g/mol. The lowest BCUT2D eigenvalue weighted by Gasteiger charge is -2.17. The van der Waals surface area contributed by atoms with E-state index in [2.05, 4.69) is 0 Å². The van der Waals surface area contributed by atoms with Gasteiger partial charge in [0.2, 0.25) is 0 Å². The van der Waals surface area contributed by atoms with Crippen LogP contribution in [0.2, 0.25) is 0 Å². The number of hydrogen-bond donors (Lipinski definition) is 0. The average Bonchev–Trinajstić information content (AvgIpc) is 2.45. The fourth-order valence-electron chi connectivity index (χ4n) is 1.74. The number of aryl methyl sites for hydroxylation is 1. The number of benzene rings is 2. The van der Waals surface area contributed by atoms with Crippen LogP contribution < -0.4 is 9.64 Å². The van der Waals surface area contributed by atoms with Crippen molar-refractivity contribution in [2.45, 2.75) is 6.92 Å². The zero-order valence-electron chi connectivity index (χ0n) is 11.2. The molecule has 0 radical (unpaired) electrons. The van der Waals surface area contributed by atoms with Gasteiger partial charge in [-0.1, -0.05) is 30.3 Å². The summed E-state index contributed by atoms with van der Waals surface area (Å²) in [4.78, 5) is 13.6. The molecule has 1 amide bonds. The van der Waals surface area contributed by atoms with E-state index in [1.165, 1.54) is 0 Å². The van der Waals surface area contributed by atoms with Gasteiger partial charge in [-0.25, -0.2) is 0 Å². The van der Waals surface area contributed by atoms with E-state index in [4.69, 9.17) is 4.74 Å². The molecule has 0 bridgehead atoms. The third-order valence-electron chi connectivity index (χ3n) is 2.87. The van der Waals surface area contributed by atoms with Crippen LogP contribution >= 0.6 is 0 Å². The van der Waals surface area contributed by atoms with Crippen LogP contribution in [0.3, 0.4) is 0 Å². The lowest BCUT2D eigenvalue weighted by molar-refractivity contribution is -0.120. The molecule has 0 saturated carbocycles. The van der Waals surface area contributed by atoms with E-state index >= 15 is 0 Å². The smallest absolute Gasteiger partial charge is 0.264 e. The molecule has 19 heavy (non-hydrogen) atoms. The Kier molecular flexibility index (Phi) is 4.18. The van der Waals surface area contributed by atoms with Gasteiger partial charge in [0, 0.05) is 12.7 Å². The van der Waals surface area contributed by atoms with Crippen LogP contribution in [0.5, 0.6) is 5.75 Å². The van der Waals surface area contributed by atoms with Gasteiger partial charge in [-0.3, -0.25) is 4.79 Å². The van der Waals surface area contributed by atoms with Crippen molar-refractivity contribution >= 4 is 11.6 Å². The Morgan fingerprint density at radius 2 is 1.84 bits per heavy atom. The van der Waals surface area contributed by atoms with Gasteiger partial charge in [0.1, 0.15) is 5.75 Å². The maximum atomic E-state index is 12.0. The molecule has 0 atom stereocenters. The Morgan fingerprint density at radius 1 is 1.11 bits per heavy atom.